The molecule has 28 heavy (non-hydrogen) atoms. The normalized spacial score (nSPS) is 19.9. The zero-order valence-corrected chi connectivity index (χ0v) is 18.0. The molecule has 0 aliphatic carbocycles. The van der Waals surface area contributed by atoms with Crippen LogP contribution in [0.4, 0.5) is 4.79 Å². The van der Waals surface area contributed by atoms with Gasteiger partial charge in [0.1, 0.15) is 11.3 Å². The quantitative estimate of drug-likeness (QED) is 0.712. The van der Waals surface area contributed by atoms with Gasteiger partial charge in [-0.05, 0) is 34.1 Å². The summed E-state index contributed by atoms with van der Waals surface area (Å²) < 4.78 is 10.2. The highest BCUT2D eigenvalue weighted by molar-refractivity contribution is 6.44. The monoisotopic (exact) mass is 433 g/mol. The molecule has 2 amide bonds. The molecule has 0 radical (unpaired) electrons. The van der Waals surface area contributed by atoms with E-state index in [0.29, 0.717) is 18.7 Å². The molecule has 1 aromatic rings. The molecule has 10 heteroatoms. The fourth-order valence-electron chi connectivity index (χ4n) is 2.98. The lowest BCUT2D eigenvalue weighted by Crippen LogP contribution is -2.55. The number of methoxy groups -OCH3 is 1. The number of nitrogens with zero attached hydrogens (tertiary/aromatic N) is 1. The third-order valence-electron chi connectivity index (χ3n) is 4.37. The molecule has 156 valence electrons. The third-order valence-corrected chi connectivity index (χ3v) is 5.31. The first kappa shape index (κ1) is 22.4. The zero-order valence-electron chi connectivity index (χ0n) is 16.5. The Hall–Kier alpha value is -1.93. The van der Waals surface area contributed by atoms with Crippen LogP contribution in [-0.4, -0.2) is 59.7 Å². The molecule has 2 rings (SSSR count). The Morgan fingerprint density at radius 2 is 1.86 bits per heavy atom. The van der Waals surface area contributed by atoms with E-state index in [1.165, 1.54) is 12.0 Å². The van der Waals surface area contributed by atoms with Crippen molar-refractivity contribution in [2.45, 2.75) is 45.8 Å². The van der Waals surface area contributed by atoms with Gasteiger partial charge >= 0.3 is 12.1 Å². The molecule has 2 heterocycles. The number of likely N-dealkylation sites (tertiary alicyclic amines) is 1. The highest BCUT2D eigenvalue weighted by Gasteiger charge is 2.39. The number of H-pyrrole nitrogens is 1. The second kappa shape index (κ2) is 8.61. The summed E-state index contributed by atoms with van der Waals surface area (Å²) >= 11 is 12.1. The maximum atomic E-state index is 12.6. The number of amides is 2. The van der Waals surface area contributed by atoms with Gasteiger partial charge in [0.15, 0.2) is 0 Å². The van der Waals surface area contributed by atoms with E-state index < -0.39 is 35.5 Å². The number of aryl methyl sites for hydroxylation is 1. The molecule has 1 aliphatic heterocycles. The van der Waals surface area contributed by atoms with E-state index in [0.717, 1.165) is 0 Å². The number of esters is 1. The Balaban J connectivity index is 2.14. The third kappa shape index (κ3) is 5.11. The maximum absolute atomic E-state index is 12.6. The number of aromatic amines is 1. The summed E-state index contributed by atoms with van der Waals surface area (Å²) in [5.41, 5.74) is 0.0492. The smallest absolute Gasteiger partial charge is 0.410 e. The minimum Gasteiger partial charge on any atom is -0.469 e. The molecule has 0 aromatic carbocycles. The van der Waals surface area contributed by atoms with Crippen LogP contribution < -0.4 is 5.32 Å². The van der Waals surface area contributed by atoms with E-state index in [1.54, 1.807) is 27.7 Å². The highest BCUT2D eigenvalue weighted by atomic mass is 35.5. The standard InChI is InChI=1S/C18H25Cl2N3O5/c1-9-12(19)13(20)14(21-9)15(24)22-11-6-7-23(8-10(11)16(25)27-5)17(26)28-18(2,3)4/h10-11,21H,6-8H2,1-5H3,(H,22,24)/t10-,11+/m0/s1. The summed E-state index contributed by atoms with van der Waals surface area (Å²) in [5.74, 6) is -1.74. The molecule has 0 unspecified atom stereocenters. The molecule has 1 aliphatic rings. The average molecular weight is 434 g/mol. The van der Waals surface area contributed by atoms with E-state index in [1.807, 2.05) is 0 Å². The molecule has 0 bridgehead atoms. The maximum Gasteiger partial charge on any atom is 0.410 e. The minimum atomic E-state index is -0.736. The van der Waals surface area contributed by atoms with Crippen LogP contribution in [0.5, 0.6) is 0 Å². The van der Waals surface area contributed by atoms with Crippen LogP contribution in [0, 0.1) is 12.8 Å². The van der Waals surface area contributed by atoms with Crippen molar-refractivity contribution in [2.75, 3.05) is 20.2 Å². The molecule has 2 N–H and O–H groups in total. The Morgan fingerprint density at radius 3 is 2.36 bits per heavy atom. The van der Waals surface area contributed by atoms with Gasteiger partial charge in [-0.15, -0.1) is 0 Å². The van der Waals surface area contributed by atoms with Crippen LogP contribution in [0.15, 0.2) is 0 Å². The van der Waals surface area contributed by atoms with E-state index in [4.69, 9.17) is 32.7 Å². The second-order valence-electron chi connectivity index (χ2n) is 7.68. The molecule has 1 fully saturated rings. The van der Waals surface area contributed by atoms with Gasteiger partial charge in [-0.2, -0.15) is 0 Å². The molecule has 0 spiro atoms. The summed E-state index contributed by atoms with van der Waals surface area (Å²) in [4.78, 5) is 41.5. The van der Waals surface area contributed by atoms with E-state index >= 15 is 0 Å². The van der Waals surface area contributed by atoms with Crippen molar-refractivity contribution in [1.29, 1.82) is 0 Å². The number of hydrogen-bond acceptors (Lipinski definition) is 5. The van der Waals surface area contributed by atoms with Crippen LogP contribution in [0.2, 0.25) is 10.0 Å². The topological polar surface area (TPSA) is 101 Å². The van der Waals surface area contributed by atoms with Crippen molar-refractivity contribution in [3.05, 3.63) is 21.4 Å². The summed E-state index contributed by atoms with van der Waals surface area (Å²) in [6.45, 7) is 7.40. The molecule has 0 saturated carbocycles. The van der Waals surface area contributed by atoms with E-state index in [-0.39, 0.29) is 22.3 Å². The lowest BCUT2D eigenvalue weighted by Gasteiger charge is -2.37. The number of carbonyl (C=O) groups excluding carboxylic acids is 3. The van der Waals surface area contributed by atoms with Gasteiger partial charge in [0, 0.05) is 24.8 Å². The van der Waals surface area contributed by atoms with Gasteiger partial charge in [-0.25, -0.2) is 4.79 Å². The minimum absolute atomic E-state index is 0.0742. The summed E-state index contributed by atoms with van der Waals surface area (Å²) in [5, 5.41) is 3.19. The molecule has 1 saturated heterocycles. The summed E-state index contributed by atoms with van der Waals surface area (Å²) in [6.07, 6.45) is -0.156. The highest BCUT2D eigenvalue weighted by Crippen LogP contribution is 2.29. The first-order valence-corrected chi connectivity index (χ1v) is 9.60. The van der Waals surface area contributed by atoms with Crippen molar-refractivity contribution in [2.24, 2.45) is 5.92 Å². The Kier molecular flexibility index (Phi) is 6.88. The van der Waals surface area contributed by atoms with E-state index in [9.17, 15) is 14.4 Å². The first-order chi connectivity index (χ1) is 12.9. The van der Waals surface area contributed by atoms with Crippen LogP contribution in [0.1, 0.15) is 43.4 Å². The second-order valence-corrected chi connectivity index (χ2v) is 8.43. The number of halogens is 2. The predicted molar refractivity (Wildman–Crippen MR) is 105 cm³/mol. The lowest BCUT2D eigenvalue weighted by atomic mass is 9.92. The molecule has 2 atom stereocenters. The number of aromatic nitrogens is 1. The number of nitrogens with one attached hydrogen (secondary N) is 2. The summed E-state index contributed by atoms with van der Waals surface area (Å²) in [6, 6.07) is -0.530. The van der Waals surface area contributed by atoms with Crippen molar-refractivity contribution < 1.29 is 23.9 Å². The van der Waals surface area contributed by atoms with Crippen LogP contribution >= 0.6 is 23.2 Å². The SMILES string of the molecule is COC(=O)[C@H]1CN(C(=O)OC(C)(C)C)CC[C@H]1NC(=O)c1[nH]c(C)c(Cl)c1Cl. The summed E-state index contributed by atoms with van der Waals surface area (Å²) in [7, 11) is 1.26. The van der Waals surface area contributed by atoms with E-state index in [2.05, 4.69) is 10.3 Å². The van der Waals surface area contributed by atoms with Crippen LogP contribution in [-0.2, 0) is 14.3 Å². The fourth-order valence-corrected chi connectivity index (χ4v) is 3.39. The largest absolute Gasteiger partial charge is 0.469 e. The predicted octanol–water partition coefficient (Wildman–Crippen LogP) is 3.16. The number of rotatable bonds is 3. The van der Waals surface area contributed by atoms with Crippen molar-refractivity contribution in [1.82, 2.24) is 15.2 Å². The number of piperidine rings is 1. The Morgan fingerprint density at radius 1 is 1.21 bits per heavy atom. The average Bonchev–Trinajstić information content (AvgIpc) is 2.87. The lowest BCUT2D eigenvalue weighted by molar-refractivity contribution is -0.148. The molecule has 1 aromatic heterocycles. The number of hydrogen-bond donors (Lipinski definition) is 2. The Bertz CT molecular complexity index is 772. The van der Waals surface area contributed by atoms with Crippen molar-refractivity contribution in [3.8, 4) is 0 Å². The number of ether oxygens (including phenoxy) is 2. The first-order valence-electron chi connectivity index (χ1n) is 8.84. The number of carbonyl (C=O) groups is 3. The molecule has 8 nitrogen and oxygen atoms in total. The molecular formula is C18H25Cl2N3O5. The van der Waals surface area contributed by atoms with Crippen LogP contribution in [0.25, 0.3) is 0 Å². The van der Waals surface area contributed by atoms with Gasteiger partial charge in [-0.3, -0.25) is 9.59 Å². The van der Waals surface area contributed by atoms with Gasteiger partial charge in [-0.1, -0.05) is 23.2 Å². The van der Waals surface area contributed by atoms with Gasteiger partial charge in [0.25, 0.3) is 5.91 Å². The van der Waals surface area contributed by atoms with Gasteiger partial charge in [0.2, 0.25) is 0 Å². The van der Waals surface area contributed by atoms with Crippen molar-refractivity contribution >= 4 is 41.2 Å². The van der Waals surface area contributed by atoms with Gasteiger partial charge in [0.05, 0.1) is 23.1 Å². The fraction of sp³-hybridized carbons (Fsp3) is 0.611. The molecular weight excluding hydrogens is 409 g/mol. The van der Waals surface area contributed by atoms with Crippen LogP contribution in [0.3, 0.4) is 0 Å². The van der Waals surface area contributed by atoms with Crippen molar-refractivity contribution in [3.63, 3.8) is 0 Å². The zero-order chi connectivity index (χ0) is 21.2. The van der Waals surface area contributed by atoms with Gasteiger partial charge < -0.3 is 24.7 Å². The Labute approximate surface area is 173 Å².